The van der Waals surface area contributed by atoms with Gasteiger partial charge in [-0.1, -0.05) is 13.8 Å². The van der Waals surface area contributed by atoms with Gasteiger partial charge in [0.05, 0.1) is 0 Å². The Morgan fingerprint density at radius 2 is 2.05 bits per heavy atom. The minimum absolute atomic E-state index is 0.336. The molecule has 1 atom stereocenters. The Kier molecular flexibility index (Phi) is 7.39. The first-order chi connectivity index (χ1) is 8.99. The molecule has 0 bridgehead atoms. The van der Waals surface area contributed by atoms with Crippen LogP contribution in [-0.4, -0.2) is 62.5 Å². The molecule has 112 valence electrons. The molecule has 0 spiro atoms. The van der Waals surface area contributed by atoms with Crippen molar-refractivity contribution in [2.45, 2.75) is 33.1 Å². The van der Waals surface area contributed by atoms with E-state index >= 15 is 0 Å². The van der Waals surface area contributed by atoms with Gasteiger partial charge in [-0.25, -0.2) is 0 Å². The van der Waals surface area contributed by atoms with E-state index in [1.54, 1.807) is 0 Å². The molecule has 0 aromatic carbocycles. The van der Waals surface area contributed by atoms with E-state index in [1.165, 1.54) is 6.42 Å². The monoisotopic (exact) mass is 269 g/mol. The highest BCUT2D eigenvalue weighted by Crippen LogP contribution is 2.15. The predicted molar refractivity (Wildman–Crippen MR) is 80.2 cm³/mol. The number of nitrogens with one attached hydrogen (secondary N) is 1. The molecule has 1 amide bonds. The Balaban J connectivity index is 2.35. The summed E-state index contributed by atoms with van der Waals surface area (Å²) in [6.45, 7) is 9.25. The number of nitrogens with zero attached hydrogens (tertiary/aromatic N) is 2. The van der Waals surface area contributed by atoms with Crippen LogP contribution < -0.4 is 5.32 Å². The van der Waals surface area contributed by atoms with Crippen molar-refractivity contribution in [1.29, 1.82) is 0 Å². The van der Waals surface area contributed by atoms with Gasteiger partial charge in [0.1, 0.15) is 0 Å². The second kappa shape index (κ2) is 8.54. The molecule has 1 unspecified atom stereocenters. The van der Waals surface area contributed by atoms with Crippen molar-refractivity contribution in [3.63, 3.8) is 0 Å². The van der Waals surface area contributed by atoms with Gasteiger partial charge in [0.15, 0.2) is 0 Å². The summed E-state index contributed by atoms with van der Waals surface area (Å²) in [4.78, 5) is 16.5. The number of amides is 1. The lowest BCUT2D eigenvalue weighted by Crippen LogP contribution is -2.39. The molecule has 1 fully saturated rings. The summed E-state index contributed by atoms with van der Waals surface area (Å²) >= 11 is 0. The van der Waals surface area contributed by atoms with Crippen LogP contribution in [0.5, 0.6) is 0 Å². The summed E-state index contributed by atoms with van der Waals surface area (Å²) in [5, 5.41) is 3.37. The fraction of sp³-hybridized carbons (Fsp3) is 0.933. The minimum Gasteiger partial charge on any atom is -0.341 e. The van der Waals surface area contributed by atoms with Crippen LogP contribution in [0.3, 0.4) is 0 Å². The van der Waals surface area contributed by atoms with Crippen molar-refractivity contribution in [2.75, 3.05) is 46.8 Å². The SMILES string of the molecule is CC(C)CN(CCN(C)C)C(=O)CCC1CCNC1. The first kappa shape index (κ1) is 16.4. The minimum atomic E-state index is 0.336. The lowest BCUT2D eigenvalue weighted by atomic mass is 10.0. The fourth-order valence-corrected chi connectivity index (χ4v) is 2.53. The highest BCUT2D eigenvalue weighted by Gasteiger charge is 2.19. The van der Waals surface area contributed by atoms with Gasteiger partial charge in [0.25, 0.3) is 0 Å². The maximum absolute atomic E-state index is 12.3. The quantitative estimate of drug-likeness (QED) is 0.724. The molecular formula is C15H31N3O. The topological polar surface area (TPSA) is 35.6 Å². The third-order valence-electron chi connectivity index (χ3n) is 3.68. The van der Waals surface area contributed by atoms with E-state index in [1.807, 2.05) is 4.90 Å². The highest BCUT2D eigenvalue weighted by molar-refractivity contribution is 5.76. The fourth-order valence-electron chi connectivity index (χ4n) is 2.53. The zero-order valence-electron chi connectivity index (χ0n) is 13.1. The second-order valence-electron chi connectivity index (χ2n) is 6.43. The predicted octanol–water partition coefficient (Wildman–Crippen LogP) is 1.42. The summed E-state index contributed by atoms with van der Waals surface area (Å²) in [7, 11) is 4.12. The van der Waals surface area contributed by atoms with E-state index in [0.717, 1.165) is 39.1 Å². The Labute approximate surface area is 118 Å². The molecule has 1 saturated heterocycles. The van der Waals surface area contributed by atoms with E-state index in [-0.39, 0.29) is 0 Å². The smallest absolute Gasteiger partial charge is 0.222 e. The Morgan fingerprint density at radius 1 is 1.32 bits per heavy atom. The summed E-state index contributed by atoms with van der Waals surface area (Å²) in [5.74, 6) is 1.58. The third kappa shape index (κ3) is 6.92. The van der Waals surface area contributed by atoms with Gasteiger partial charge in [-0.2, -0.15) is 0 Å². The summed E-state index contributed by atoms with van der Waals surface area (Å²) < 4.78 is 0. The van der Waals surface area contributed by atoms with Crippen LogP contribution in [0.25, 0.3) is 0 Å². The molecule has 1 rings (SSSR count). The Morgan fingerprint density at radius 3 is 2.58 bits per heavy atom. The Hall–Kier alpha value is -0.610. The number of carbonyl (C=O) groups is 1. The standard InChI is InChI=1S/C15H31N3O/c1-13(2)12-18(10-9-17(3)4)15(19)6-5-14-7-8-16-11-14/h13-14,16H,5-12H2,1-4H3. The van der Waals surface area contributed by atoms with Crippen molar-refractivity contribution in [2.24, 2.45) is 11.8 Å². The molecule has 1 N–H and O–H groups in total. The molecule has 1 aliphatic heterocycles. The molecule has 0 aliphatic carbocycles. The average molecular weight is 269 g/mol. The molecule has 0 aromatic heterocycles. The van der Waals surface area contributed by atoms with E-state index < -0.39 is 0 Å². The molecule has 0 radical (unpaired) electrons. The first-order valence-electron chi connectivity index (χ1n) is 7.62. The second-order valence-corrected chi connectivity index (χ2v) is 6.43. The van der Waals surface area contributed by atoms with Crippen molar-refractivity contribution in [3.8, 4) is 0 Å². The molecule has 1 aliphatic rings. The van der Waals surface area contributed by atoms with Crippen molar-refractivity contribution in [3.05, 3.63) is 0 Å². The van der Waals surface area contributed by atoms with Crippen LogP contribution in [-0.2, 0) is 4.79 Å². The lowest BCUT2D eigenvalue weighted by Gasteiger charge is -2.26. The van der Waals surface area contributed by atoms with Gasteiger partial charge in [0, 0.05) is 26.1 Å². The average Bonchev–Trinajstić information content (AvgIpc) is 2.83. The van der Waals surface area contributed by atoms with Gasteiger partial charge < -0.3 is 15.1 Å². The molecular weight excluding hydrogens is 238 g/mol. The molecule has 4 nitrogen and oxygen atoms in total. The van der Waals surface area contributed by atoms with Gasteiger partial charge in [0.2, 0.25) is 5.91 Å². The van der Waals surface area contributed by atoms with Crippen molar-refractivity contribution >= 4 is 5.91 Å². The molecule has 1 heterocycles. The number of hydrogen-bond donors (Lipinski definition) is 1. The van der Waals surface area contributed by atoms with Gasteiger partial charge in [-0.15, -0.1) is 0 Å². The van der Waals surface area contributed by atoms with E-state index in [4.69, 9.17) is 0 Å². The summed E-state index contributed by atoms with van der Waals surface area (Å²) in [5.41, 5.74) is 0. The van der Waals surface area contributed by atoms with Crippen LogP contribution in [0, 0.1) is 11.8 Å². The van der Waals surface area contributed by atoms with Crippen LogP contribution in [0.2, 0.25) is 0 Å². The number of hydrogen-bond acceptors (Lipinski definition) is 3. The maximum atomic E-state index is 12.3. The number of carbonyl (C=O) groups excluding carboxylic acids is 1. The first-order valence-corrected chi connectivity index (χ1v) is 7.62. The van der Waals surface area contributed by atoms with E-state index in [2.05, 4.69) is 38.2 Å². The van der Waals surface area contributed by atoms with Crippen LogP contribution in [0.1, 0.15) is 33.1 Å². The summed E-state index contributed by atoms with van der Waals surface area (Å²) in [6.07, 6.45) is 2.99. The molecule has 19 heavy (non-hydrogen) atoms. The number of likely N-dealkylation sites (N-methyl/N-ethyl adjacent to an activating group) is 1. The Bertz CT molecular complexity index is 260. The van der Waals surface area contributed by atoms with Crippen LogP contribution >= 0.6 is 0 Å². The zero-order chi connectivity index (χ0) is 14.3. The summed E-state index contributed by atoms with van der Waals surface area (Å²) in [6, 6.07) is 0. The van der Waals surface area contributed by atoms with Crippen LogP contribution in [0.15, 0.2) is 0 Å². The van der Waals surface area contributed by atoms with Gasteiger partial charge in [-0.3, -0.25) is 4.79 Å². The lowest BCUT2D eigenvalue weighted by molar-refractivity contribution is -0.132. The number of rotatable bonds is 8. The van der Waals surface area contributed by atoms with E-state index in [9.17, 15) is 4.79 Å². The van der Waals surface area contributed by atoms with Gasteiger partial charge in [-0.05, 0) is 51.9 Å². The third-order valence-corrected chi connectivity index (χ3v) is 3.68. The molecule has 4 heteroatoms. The zero-order valence-corrected chi connectivity index (χ0v) is 13.1. The maximum Gasteiger partial charge on any atom is 0.222 e. The molecule has 0 saturated carbocycles. The van der Waals surface area contributed by atoms with E-state index in [0.29, 0.717) is 24.2 Å². The normalized spacial score (nSPS) is 19.4. The largest absolute Gasteiger partial charge is 0.341 e. The molecule has 0 aromatic rings. The van der Waals surface area contributed by atoms with Gasteiger partial charge >= 0.3 is 0 Å². The van der Waals surface area contributed by atoms with Crippen LogP contribution in [0.4, 0.5) is 0 Å². The highest BCUT2D eigenvalue weighted by atomic mass is 16.2. The van der Waals surface area contributed by atoms with Crippen molar-refractivity contribution in [1.82, 2.24) is 15.1 Å². The van der Waals surface area contributed by atoms with Crippen molar-refractivity contribution < 1.29 is 4.79 Å².